The Kier molecular flexibility index (Phi) is 3.40. The third kappa shape index (κ3) is 2.07. The zero-order chi connectivity index (χ0) is 17.0. The molecule has 2 aromatic rings. The molecule has 126 valence electrons. The molecule has 0 aliphatic heterocycles. The molecule has 2 unspecified atom stereocenters. The Morgan fingerprint density at radius 3 is 2.58 bits per heavy atom. The van der Waals surface area contributed by atoms with E-state index in [4.69, 9.17) is 4.74 Å². The summed E-state index contributed by atoms with van der Waals surface area (Å²) in [6.45, 7) is 1.87. The monoisotopic (exact) mass is 336 g/mol. The maximum Gasteiger partial charge on any atom is 0.359 e. The van der Waals surface area contributed by atoms with Crippen LogP contribution in [0.5, 0.6) is 0 Å². The molecule has 0 spiro atoms. The van der Waals surface area contributed by atoms with Crippen molar-refractivity contribution < 1.29 is 22.7 Å². The lowest BCUT2D eigenvalue weighted by Crippen LogP contribution is -2.11. The van der Waals surface area contributed by atoms with Crippen LogP contribution < -0.4 is 0 Å². The number of fused-ring (bicyclic) bond motifs is 5. The van der Waals surface area contributed by atoms with Crippen LogP contribution in [0.25, 0.3) is 5.69 Å². The van der Waals surface area contributed by atoms with Gasteiger partial charge in [-0.1, -0.05) is 0 Å². The number of halogens is 3. The Bertz CT molecular complexity index is 824. The Morgan fingerprint density at radius 2 is 1.92 bits per heavy atom. The smallest absolute Gasteiger partial charge is 0.359 e. The van der Waals surface area contributed by atoms with Gasteiger partial charge in [0.05, 0.1) is 12.3 Å². The quantitative estimate of drug-likeness (QED) is 0.800. The summed E-state index contributed by atoms with van der Waals surface area (Å²) in [6, 6.07) is 1.23. The average molecular weight is 336 g/mol. The van der Waals surface area contributed by atoms with E-state index >= 15 is 0 Å². The molecule has 7 heteroatoms. The highest BCUT2D eigenvalue weighted by Crippen LogP contribution is 2.54. The van der Waals surface area contributed by atoms with Gasteiger partial charge in [-0.15, -0.1) is 0 Å². The first-order valence-corrected chi connectivity index (χ1v) is 7.96. The molecule has 4 nitrogen and oxygen atoms in total. The predicted molar refractivity (Wildman–Crippen MR) is 78.7 cm³/mol. The number of hydrogen-bond donors (Lipinski definition) is 0. The van der Waals surface area contributed by atoms with Crippen molar-refractivity contribution in [1.29, 1.82) is 0 Å². The van der Waals surface area contributed by atoms with Crippen molar-refractivity contribution in [3.63, 3.8) is 0 Å². The Hall–Kier alpha value is -2.31. The van der Waals surface area contributed by atoms with E-state index in [2.05, 4.69) is 5.10 Å². The Labute approximate surface area is 136 Å². The third-order valence-electron chi connectivity index (χ3n) is 4.85. The van der Waals surface area contributed by atoms with E-state index in [-0.39, 0.29) is 24.1 Å². The number of nitrogens with zero attached hydrogens (tertiary/aromatic N) is 2. The van der Waals surface area contributed by atoms with Crippen LogP contribution in [-0.2, 0) is 4.74 Å². The molecule has 2 bridgehead atoms. The van der Waals surface area contributed by atoms with Gasteiger partial charge in [0.25, 0.3) is 0 Å². The zero-order valence-electron chi connectivity index (χ0n) is 13.0. The van der Waals surface area contributed by atoms with Gasteiger partial charge < -0.3 is 4.74 Å². The molecule has 2 aliphatic rings. The Morgan fingerprint density at radius 1 is 1.25 bits per heavy atom. The second kappa shape index (κ2) is 5.36. The third-order valence-corrected chi connectivity index (χ3v) is 4.85. The minimum absolute atomic E-state index is 0.101. The largest absolute Gasteiger partial charge is 0.461 e. The summed E-state index contributed by atoms with van der Waals surface area (Å²) in [6.07, 6.45) is 2.64. The minimum atomic E-state index is -1.05. The molecule has 2 aliphatic carbocycles. The van der Waals surface area contributed by atoms with E-state index in [0.29, 0.717) is 17.8 Å². The molecule has 24 heavy (non-hydrogen) atoms. The van der Waals surface area contributed by atoms with Crippen LogP contribution in [0.4, 0.5) is 13.2 Å². The second-order valence-corrected chi connectivity index (χ2v) is 6.20. The lowest BCUT2D eigenvalue weighted by molar-refractivity contribution is 0.0517. The van der Waals surface area contributed by atoms with E-state index in [1.165, 1.54) is 0 Å². The molecule has 1 saturated carbocycles. The summed E-state index contributed by atoms with van der Waals surface area (Å²) in [5, 5.41) is 4.15. The molecule has 2 atom stereocenters. The van der Waals surface area contributed by atoms with Crippen LogP contribution in [0.1, 0.15) is 59.8 Å². The standard InChI is InChI=1S/C17H15F3N2O2/c1-2-24-17(23)14-13-8-3-4-9(5-8)15(13)22(21-14)16-11(19)6-10(18)7-12(16)20/h6-9H,2-5H2,1H3. The summed E-state index contributed by atoms with van der Waals surface area (Å²) in [5.41, 5.74) is 1.05. The van der Waals surface area contributed by atoms with Crippen LogP contribution in [0.2, 0.25) is 0 Å². The average Bonchev–Trinajstić information content (AvgIpc) is 3.18. The molecule has 0 amide bonds. The molecule has 0 saturated heterocycles. The topological polar surface area (TPSA) is 44.1 Å². The van der Waals surface area contributed by atoms with Crippen LogP contribution in [0, 0.1) is 17.5 Å². The van der Waals surface area contributed by atoms with E-state index in [9.17, 15) is 18.0 Å². The van der Waals surface area contributed by atoms with Crippen molar-refractivity contribution in [1.82, 2.24) is 9.78 Å². The van der Waals surface area contributed by atoms with E-state index in [1.54, 1.807) is 6.92 Å². The van der Waals surface area contributed by atoms with Gasteiger partial charge in [0, 0.05) is 23.6 Å². The van der Waals surface area contributed by atoms with Gasteiger partial charge >= 0.3 is 5.97 Å². The molecule has 1 aromatic heterocycles. The molecular weight excluding hydrogens is 321 g/mol. The van der Waals surface area contributed by atoms with Crippen molar-refractivity contribution in [2.24, 2.45) is 0 Å². The number of esters is 1. The van der Waals surface area contributed by atoms with Crippen LogP contribution in [0.3, 0.4) is 0 Å². The first-order chi connectivity index (χ1) is 11.5. The first-order valence-electron chi connectivity index (χ1n) is 7.96. The van der Waals surface area contributed by atoms with Crippen molar-refractivity contribution in [2.45, 2.75) is 38.0 Å². The molecule has 0 N–H and O–H groups in total. The summed E-state index contributed by atoms with van der Waals surface area (Å²) < 4.78 is 47.8. The molecule has 1 aromatic carbocycles. The number of carbonyl (C=O) groups excluding carboxylic acids is 1. The van der Waals surface area contributed by atoms with Crippen LogP contribution >= 0.6 is 0 Å². The summed E-state index contributed by atoms with van der Waals surface area (Å²) in [7, 11) is 0. The van der Waals surface area contributed by atoms with E-state index in [1.807, 2.05) is 0 Å². The van der Waals surface area contributed by atoms with Gasteiger partial charge in [-0.3, -0.25) is 0 Å². The van der Waals surface area contributed by atoms with Gasteiger partial charge in [0.1, 0.15) is 11.5 Å². The maximum atomic E-state index is 14.2. The Balaban J connectivity index is 1.94. The lowest BCUT2D eigenvalue weighted by atomic mass is 9.95. The van der Waals surface area contributed by atoms with Gasteiger partial charge in [0.15, 0.2) is 17.3 Å². The van der Waals surface area contributed by atoms with E-state index in [0.717, 1.165) is 29.5 Å². The number of carbonyl (C=O) groups is 1. The first kappa shape index (κ1) is 15.2. The SMILES string of the molecule is CCOC(=O)c1nn(-c2c(F)cc(F)cc2F)c2c1C1CCC2C1. The molecule has 4 rings (SSSR count). The fourth-order valence-electron chi connectivity index (χ4n) is 3.99. The molecular formula is C17H15F3N2O2. The van der Waals surface area contributed by atoms with Crippen molar-refractivity contribution in [2.75, 3.05) is 6.61 Å². The minimum Gasteiger partial charge on any atom is -0.461 e. The molecule has 0 radical (unpaired) electrons. The van der Waals surface area contributed by atoms with Gasteiger partial charge in [-0.25, -0.2) is 22.6 Å². The number of aromatic nitrogens is 2. The highest BCUT2D eigenvalue weighted by molar-refractivity contribution is 5.90. The highest BCUT2D eigenvalue weighted by Gasteiger charge is 2.45. The van der Waals surface area contributed by atoms with Crippen LogP contribution in [-0.4, -0.2) is 22.4 Å². The van der Waals surface area contributed by atoms with Crippen molar-refractivity contribution >= 4 is 5.97 Å². The van der Waals surface area contributed by atoms with Gasteiger partial charge in [0.2, 0.25) is 0 Å². The second-order valence-electron chi connectivity index (χ2n) is 6.20. The lowest BCUT2D eigenvalue weighted by Gasteiger charge is -2.14. The van der Waals surface area contributed by atoms with Crippen molar-refractivity contribution in [3.05, 3.63) is 46.5 Å². The highest BCUT2D eigenvalue weighted by atomic mass is 19.1. The van der Waals surface area contributed by atoms with Crippen LogP contribution in [0.15, 0.2) is 12.1 Å². The van der Waals surface area contributed by atoms with Gasteiger partial charge in [-0.2, -0.15) is 5.10 Å². The van der Waals surface area contributed by atoms with Gasteiger partial charge in [-0.05, 0) is 32.1 Å². The van der Waals surface area contributed by atoms with E-state index < -0.39 is 29.1 Å². The number of benzene rings is 1. The molecule has 1 heterocycles. The molecule has 1 fully saturated rings. The normalized spacial score (nSPS) is 21.2. The summed E-state index contributed by atoms with van der Waals surface area (Å²) in [5.74, 6) is -3.42. The summed E-state index contributed by atoms with van der Waals surface area (Å²) in [4.78, 5) is 12.2. The van der Waals surface area contributed by atoms with Crippen molar-refractivity contribution in [3.8, 4) is 5.69 Å². The number of hydrogen-bond acceptors (Lipinski definition) is 3. The maximum absolute atomic E-state index is 14.2. The summed E-state index contributed by atoms with van der Waals surface area (Å²) >= 11 is 0. The fraction of sp³-hybridized carbons (Fsp3) is 0.412. The fourth-order valence-corrected chi connectivity index (χ4v) is 3.99. The predicted octanol–water partition coefficient (Wildman–Crippen LogP) is 3.83. The number of rotatable bonds is 3. The number of ether oxygens (including phenoxy) is 1. The zero-order valence-corrected chi connectivity index (χ0v) is 13.0.